The summed E-state index contributed by atoms with van der Waals surface area (Å²) in [6.45, 7) is 6.87. The van der Waals surface area contributed by atoms with Gasteiger partial charge in [-0.05, 0) is 26.3 Å². The van der Waals surface area contributed by atoms with Gasteiger partial charge in [0.05, 0.1) is 6.04 Å². The maximum atomic E-state index is 12.4. The summed E-state index contributed by atoms with van der Waals surface area (Å²) >= 11 is 0. The van der Waals surface area contributed by atoms with E-state index in [0.29, 0.717) is 5.69 Å². The number of amides is 1. The molecule has 1 heterocycles. The van der Waals surface area contributed by atoms with E-state index in [1.165, 1.54) is 6.92 Å². The average molecular weight is 365 g/mol. The van der Waals surface area contributed by atoms with Crippen LogP contribution in [0, 0.1) is 13.8 Å². The van der Waals surface area contributed by atoms with Crippen molar-refractivity contribution in [3.63, 3.8) is 0 Å². The molecular weight excluding hydrogens is 342 g/mol. The Morgan fingerprint density at radius 3 is 2.44 bits per heavy atom. The molecule has 136 valence electrons. The molecular formula is C17H23N3O4S. The second kappa shape index (κ2) is 7.79. The third-order valence-corrected chi connectivity index (χ3v) is 5.74. The van der Waals surface area contributed by atoms with Crippen molar-refractivity contribution < 1.29 is 17.7 Å². The van der Waals surface area contributed by atoms with Gasteiger partial charge in [-0.2, -0.15) is 0 Å². The highest BCUT2D eigenvalue weighted by Gasteiger charge is 2.25. The molecule has 25 heavy (non-hydrogen) atoms. The number of nitrogens with one attached hydrogen (secondary N) is 1. The standard InChI is InChI=1S/C17H23N3O4S/c1-12-17(14(3)24-19-12)25(22,23)18-10-11-20(15(4)21)13(2)16-8-6-5-7-9-16/h5-9,13,18H,10-11H2,1-4H3. The van der Waals surface area contributed by atoms with E-state index in [1.807, 2.05) is 37.3 Å². The second-order valence-electron chi connectivity index (χ2n) is 5.85. The molecule has 0 aliphatic heterocycles. The molecule has 0 aliphatic carbocycles. The number of aryl methyl sites for hydroxylation is 2. The van der Waals surface area contributed by atoms with E-state index in [1.54, 1.807) is 18.7 Å². The fourth-order valence-corrected chi connectivity index (χ4v) is 4.11. The van der Waals surface area contributed by atoms with Gasteiger partial charge in [-0.1, -0.05) is 35.5 Å². The van der Waals surface area contributed by atoms with Gasteiger partial charge in [0.2, 0.25) is 15.9 Å². The zero-order chi connectivity index (χ0) is 18.6. The van der Waals surface area contributed by atoms with Gasteiger partial charge >= 0.3 is 0 Å². The molecule has 2 rings (SSSR count). The number of nitrogens with zero attached hydrogens (tertiary/aromatic N) is 2. The van der Waals surface area contributed by atoms with Crippen LogP contribution in [-0.4, -0.2) is 37.5 Å². The molecule has 1 atom stereocenters. The van der Waals surface area contributed by atoms with Crippen LogP contribution in [0.2, 0.25) is 0 Å². The van der Waals surface area contributed by atoms with Gasteiger partial charge in [-0.3, -0.25) is 4.79 Å². The molecule has 2 aromatic rings. The summed E-state index contributed by atoms with van der Waals surface area (Å²) in [5.41, 5.74) is 1.30. The van der Waals surface area contributed by atoms with Crippen molar-refractivity contribution in [1.29, 1.82) is 0 Å². The SMILES string of the molecule is CC(=O)N(CCNS(=O)(=O)c1c(C)noc1C)C(C)c1ccccc1. The van der Waals surface area contributed by atoms with Crippen molar-refractivity contribution >= 4 is 15.9 Å². The topological polar surface area (TPSA) is 92.5 Å². The highest BCUT2D eigenvalue weighted by atomic mass is 32.2. The third-order valence-electron chi connectivity index (χ3n) is 4.04. The molecule has 0 bridgehead atoms. The third kappa shape index (κ3) is 4.46. The largest absolute Gasteiger partial charge is 0.360 e. The van der Waals surface area contributed by atoms with E-state index in [2.05, 4.69) is 9.88 Å². The molecule has 1 amide bonds. The van der Waals surface area contributed by atoms with E-state index in [9.17, 15) is 13.2 Å². The van der Waals surface area contributed by atoms with E-state index in [0.717, 1.165) is 5.56 Å². The number of hydrogen-bond donors (Lipinski definition) is 1. The lowest BCUT2D eigenvalue weighted by Gasteiger charge is -2.28. The number of aromatic nitrogens is 1. The van der Waals surface area contributed by atoms with Crippen LogP contribution >= 0.6 is 0 Å². The summed E-state index contributed by atoms with van der Waals surface area (Å²) in [6, 6.07) is 9.45. The first kappa shape index (κ1) is 19.1. The molecule has 1 N–H and O–H groups in total. The van der Waals surface area contributed by atoms with Crippen LogP contribution in [0.25, 0.3) is 0 Å². The average Bonchev–Trinajstić information content (AvgIpc) is 2.91. The zero-order valence-corrected chi connectivity index (χ0v) is 15.6. The maximum absolute atomic E-state index is 12.4. The first-order valence-corrected chi connectivity index (χ1v) is 9.47. The molecule has 8 heteroatoms. The number of sulfonamides is 1. The summed E-state index contributed by atoms with van der Waals surface area (Å²) in [5.74, 6) is 0.124. The second-order valence-corrected chi connectivity index (χ2v) is 7.55. The first-order valence-electron chi connectivity index (χ1n) is 7.98. The van der Waals surface area contributed by atoms with Gasteiger partial charge < -0.3 is 9.42 Å². The number of hydrogen-bond acceptors (Lipinski definition) is 5. The Morgan fingerprint density at radius 1 is 1.28 bits per heavy atom. The molecule has 1 aromatic carbocycles. The van der Waals surface area contributed by atoms with Crippen molar-refractivity contribution in [2.75, 3.05) is 13.1 Å². The predicted molar refractivity (Wildman–Crippen MR) is 93.4 cm³/mol. The van der Waals surface area contributed by atoms with Crippen molar-refractivity contribution in [3.8, 4) is 0 Å². The fraction of sp³-hybridized carbons (Fsp3) is 0.412. The summed E-state index contributed by atoms with van der Waals surface area (Å²) in [7, 11) is -3.73. The summed E-state index contributed by atoms with van der Waals surface area (Å²) in [6.07, 6.45) is 0. The van der Waals surface area contributed by atoms with Crippen LogP contribution in [-0.2, 0) is 14.8 Å². The molecule has 0 saturated carbocycles. The Morgan fingerprint density at radius 2 is 1.92 bits per heavy atom. The minimum absolute atomic E-state index is 0.0537. The molecule has 1 unspecified atom stereocenters. The Bertz CT molecular complexity index is 811. The van der Waals surface area contributed by atoms with Gasteiger partial charge in [0, 0.05) is 20.0 Å². The van der Waals surface area contributed by atoms with Crippen molar-refractivity contribution in [3.05, 3.63) is 47.3 Å². The lowest BCUT2D eigenvalue weighted by Crippen LogP contribution is -2.39. The highest BCUT2D eigenvalue weighted by molar-refractivity contribution is 7.89. The minimum atomic E-state index is -3.73. The summed E-state index contributed by atoms with van der Waals surface area (Å²) < 4.78 is 32.2. The smallest absolute Gasteiger partial charge is 0.246 e. The number of carbonyl (C=O) groups is 1. The molecule has 0 saturated heterocycles. The minimum Gasteiger partial charge on any atom is -0.360 e. The Kier molecular flexibility index (Phi) is 5.97. The van der Waals surface area contributed by atoms with Crippen molar-refractivity contribution in [2.45, 2.75) is 38.6 Å². The Balaban J connectivity index is 2.06. The van der Waals surface area contributed by atoms with E-state index in [-0.39, 0.29) is 35.7 Å². The van der Waals surface area contributed by atoms with Crippen LogP contribution in [0.3, 0.4) is 0 Å². The number of carbonyl (C=O) groups excluding carboxylic acids is 1. The Labute approximate surface area is 148 Å². The summed E-state index contributed by atoms with van der Waals surface area (Å²) in [4.78, 5) is 13.7. The molecule has 7 nitrogen and oxygen atoms in total. The van der Waals surface area contributed by atoms with Crippen LogP contribution < -0.4 is 4.72 Å². The fourth-order valence-electron chi connectivity index (χ4n) is 2.77. The molecule has 1 aromatic heterocycles. The number of rotatable bonds is 7. The summed E-state index contributed by atoms with van der Waals surface area (Å²) in [5, 5.41) is 3.66. The quantitative estimate of drug-likeness (QED) is 0.812. The van der Waals surface area contributed by atoms with Gasteiger partial charge in [-0.15, -0.1) is 0 Å². The lowest BCUT2D eigenvalue weighted by molar-refractivity contribution is -0.130. The van der Waals surface area contributed by atoms with E-state index >= 15 is 0 Å². The van der Waals surface area contributed by atoms with E-state index in [4.69, 9.17) is 4.52 Å². The van der Waals surface area contributed by atoms with E-state index < -0.39 is 10.0 Å². The monoisotopic (exact) mass is 365 g/mol. The zero-order valence-electron chi connectivity index (χ0n) is 14.8. The maximum Gasteiger partial charge on any atom is 0.246 e. The Hall–Kier alpha value is -2.19. The normalized spacial score (nSPS) is 12.8. The van der Waals surface area contributed by atoms with Crippen LogP contribution in [0.15, 0.2) is 39.8 Å². The van der Waals surface area contributed by atoms with Crippen LogP contribution in [0.4, 0.5) is 0 Å². The van der Waals surface area contributed by atoms with Crippen molar-refractivity contribution in [1.82, 2.24) is 14.8 Å². The van der Waals surface area contributed by atoms with Gasteiger partial charge in [0.1, 0.15) is 10.6 Å². The van der Waals surface area contributed by atoms with Crippen LogP contribution in [0.1, 0.15) is 36.9 Å². The van der Waals surface area contributed by atoms with Gasteiger partial charge in [0.25, 0.3) is 0 Å². The lowest BCUT2D eigenvalue weighted by atomic mass is 10.1. The van der Waals surface area contributed by atoms with Gasteiger partial charge in [0.15, 0.2) is 5.76 Å². The van der Waals surface area contributed by atoms with Crippen molar-refractivity contribution in [2.24, 2.45) is 0 Å². The molecule has 0 radical (unpaired) electrons. The molecule has 0 aliphatic rings. The number of benzene rings is 1. The first-order chi connectivity index (χ1) is 11.7. The predicted octanol–water partition coefficient (Wildman–Crippen LogP) is 2.18. The molecule has 0 spiro atoms. The van der Waals surface area contributed by atoms with Crippen LogP contribution in [0.5, 0.6) is 0 Å². The highest BCUT2D eigenvalue weighted by Crippen LogP contribution is 2.20. The molecule has 0 fully saturated rings. The van der Waals surface area contributed by atoms with Gasteiger partial charge in [-0.25, -0.2) is 13.1 Å².